The standard InChI is InChI=1S/C26H31NO3/c1-16-9-11-17(12-10-16)22(19(15-27)24(29)30-8)18-13-20(25(2,3)4)23(28)21(14-18)26(5,6)7/h9-14,28H,1-8H3. The summed E-state index contributed by atoms with van der Waals surface area (Å²) < 4.78 is 4.90. The Hall–Kier alpha value is -3.06. The summed E-state index contributed by atoms with van der Waals surface area (Å²) in [4.78, 5) is 12.5. The number of hydrogen-bond donors (Lipinski definition) is 1. The van der Waals surface area contributed by atoms with Crippen molar-refractivity contribution >= 4 is 11.5 Å². The van der Waals surface area contributed by atoms with Crippen LogP contribution in [0.5, 0.6) is 5.75 Å². The number of aryl methyl sites for hydroxylation is 1. The van der Waals surface area contributed by atoms with Crippen LogP contribution in [0.2, 0.25) is 0 Å². The maximum absolute atomic E-state index is 12.5. The number of nitrogens with zero attached hydrogens (tertiary/aromatic N) is 1. The quantitative estimate of drug-likeness (QED) is 0.398. The molecule has 2 aromatic rings. The molecule has 0 unspecified atom stereocenters. The van der Waals surface area contributed by atoms with Gasteiger partial charge in [-0.1, -0.05) is 71.4 Å². The van der Waals surface area contributed by atoms with Crippen molar-refractivity contribution in [1.29, 1.82) is 5.26 Å². The SMILES string of the molecule is COC(=O)C(C#N)=C(c1ccc(C)cc1)c1cc(C(C)(C)C)c(O)c(C(C)(C)C)c1. The lowest BCUT2D eigenvalue weighted by atomic mass is 9.77. The molecule has 4 nitrogen and oxygen atoms in total. The predicted octanol–water partition coefficient (Wildman–Crippen LogP) is 5.79. The van der Waals surface area contributed by atoms with Gasteiger partial charge in [0.05, 0.1) is 7.11 Å². The number of phenols is 1. The van der Waals surface area contributed by atoms with Gasteiger partial charge >= 0.3 is 5.97 Å². The monoisotopic (exact) mass is 405 g/mol. The molecule has 0 aliphatic heterocycles. The summed E-state index contributed by atoms with van der Waals surface area (Å²) >= 11 is 0. The average molecular weight is 406 g/mol. The molecule has 0 aliphatic rings. The average Bonchev–Trinajstić information content (AvgIpc) is 2.65. The molecule has 0 atom stereocenters. The van der Waals surface area contributed by atoms with Crippen LogP contribution in [0, 0.1) is 18.3 Å². The molecule has 0 heterocycles. The first-order valence-corrected chi connectivity index (χ1v) is 9.99. The summed E-state index contributed by atoms with van der Waals surface area (Å²) in [5.74, 6) is -0.436. The van der Waals surface area contributed by atoms with Crippen molar-refractivity contribution in [3.63, 3.8) is 0 Å². The Balaban J connectivity index is 3.02. The van der Waals surface area contributed by atoms with Crippen molar-refractivity contribution < 1.29 is 14.6 Å². The van der Waals surface area contributed by atoms with Crippen LogP contribution in [0.3, 0.4) is 0 Å². The van der Waals surface area contributed by atoms with Crippen molar-refractivity contribution in [2.75, 3.05) is 7.11 Å². The van der Waals surface area contributed by atoms with Gasteiger partial charge in [-0.25, -0.2) is 4.79 Å². The van der Waals surface area contributed by atoms with Crippen molar-refractivity contribution in [3.8, 4) is 11.8 Å². The number of aromatic hydroxyl groups is 1. The van der Waals surface area contributed by atoms with Gasteiger partial charge in [0, 0.05) is 16.7 Å². The second-order valence-electron chi connectivity index (χ2n) is 9.64. The number of benzene rings is 2. The highest BCUT2D eigenvalue weighted by Gasteiger charge is 2.29. The Morgan fingerprint density at radius 1 is 0.933 bits per heavy atom. The maximum Gasteiger partial charge on any atom is 0.349 e. The lowest BCUT2D eigenvalue weighted by Crippen LogP contribution is -2.18. The molecule has 1 N–H and O–H groups in total. The number of methoxy groups -OCH3 is 1. The summed E-state index contributed by atoms with van der Waals surface area (Å²) in [6.45, 7) is 14.1. The van der Waals surface area contributed by atoms with E-state index >= 15 is 0 Å². The van der Waals surface area contributed by atoms with E-state index in [0.717, 1.165) is 22.3 Å². The molecule has 0 amide bonds. The molecule has 0 aromatic heterocycles. The molecule has 2 rings (SSSR count). The Labute approximate surface area is 179 Å². The van der Waals surface area contributed by atoms with E-state index < -0.39 is 5.97 Å². The first-order chi connectivity index (χ1) is 13.8. The lowest BCUT2D eigenvalue weighted by molar-refractivity contribution is -0.135. The highest BCUT2D eigenvalue weighted by Crippen LogP contribution is 2.42. The lowest BCUT2D eigenvalue weighted by Gasteiger charge is -2.29. The number of nitriles is 1. The van der Waals surface area contributed by atoms with Gasteiger partial charge in [-0.05, 0) is 41.0 Å². The zero-order chi connectivity index (χ0) is 22.9. The fourth-order valence-corrected chi connectivity index (χ4v) is 3.40. The largest absolute Gasteiger partial charge is 0.507 e. The number of esters is 1. The highest BCUT2D eigenvalue weighted by molar-refractivity contribution is 6.05. The molecule has 0 fully saturated rings. The fourth-order valence-electron chi connectivity index (χ4n) is 3.40. The van der Waals surface area contributed by atoms with Crippen LogP contribution in [-0.2, 0) is 20.4 Å². The molecule has 0 aliphatic carbocycles. The third-order valence-corrected chi connectivity index (χ3v) is 5.11. The number of phenolic OH excluding ortho intramolecular Hbond substituents is 1. The molecule has 0 saturated heterocycles. The minimum atomic E-state index is -0.684. The minimum Gasteiger partial charge on any atom is -0.507 e. The van der Waals surface area contributed by atoms with Gasteiger partial charge in [0.1, 0.15) is 17.4 Å². The van der Waals surface area contributed by atoms with Gasteiger partial charge in [0.25, 0.3) is 0 Å². The van der Waals surface area contributed by atoms with Crippen LogP contribution < -0.4 is 0 Å². The van der Waals surface area contributed by atoms with E-state index in [-0.39, 0.29) is 22.2 Å². The van der Waals surface area contributed by atoms with E-state index in [0.29, 0.717) is 11.1 Å². The third kappa shape index (κ3) is 4.74. The van der Waals surface area contributed by atoms with Crippen molar-refractivity contribution in [3.05, 3.63) is 69.8 Å². The zero-order valence-electron chi connectivity index (χ0n) is 19.2. The van der Waals surface area contributed by atoms with Crippen LogP contribution in [-0.4, -0.2) is 18.2 Å². The van der Waals surface area contributed by atoms with Gasteiger partial charge in [-0.15, -0.1) is 0 Å². The molecule has 0 saturated carbocycles. The highest BCUT2D eigenvalue weighted by atomic mass is 16.5. The summed E-state index contributed by atoms with van der Waals surface area (Å²) in [6.07, 6.45) is 0. The number of rotatable bonds is 3. The predicted molar refractivity (Wildman–Crippen MR) is 120 cm³/mol. The summed E-state index contributed by atoms with van der Waals surface area (Å²) in [7, 11) is 1.27. The number of hydrogen-bond acceptors (Lipinski definition) is 4. The number of ether oxygens (including phenoxy) is 1. The molecule has 2 aromatic carbocycles. The zero-order valence-corrected chi connectivity index (χ0v) is 19.2. The van der Waals surface area contributed by atoms with E-state index in [1.807, 2.05) is 90.9 Å². The molecular formula is C26H31NO3. The van der Waals surface area contributed by atoms with Crippen LogP contribution in [0.1, 0.15) is 69.4 Å². The van der Waals surface area contributed by atoms with Gasteiger partial charge in [-0.3, -0.25) is 0 Å². The van der Waals surface area contributed by atoms with Crippen molar-refractivity contribution in [2.45, 2.75) is 59.3 Å². The summed E-state index contributed by atoms with van der Waals surface area (Å²) in [5, 5.41) is 20.9. The minimum absolute atomic E-state index is 0.0632. The first-order valence-electron chi connectivity index (χ1n) is 9.99. The normalized spacial score (nSPS) is 12.8. The number of carbonyl (C=O) groups excluding carboxylic acids is 1. The van der Waals surface area contributed by atoms with Crippen LogP contribution in [0.25, 0.3) is 5.57 Å². The Bertz CT molecular complexity index is 989. The Morgan fingerprint density at radius 3 is 1.77 bits per heavy atom. The van der Waals surface area contributed by atoms with Crippen LogP contribution >= 0.6 is 0 Å². The van der Waals surface area contributed by atoms with Gasteiger partial charge in [0.2, 0.25) is 0 Å². The second-order valence-corrected chi connectivity index (χ2v) is 9.64. The second kappa shape index (κ2) is 8.36. The molecule has 4 heteroatoms. The smallest absolute Gasteiger partial charge is 0.349 e. The van der Waals surface area contributed by atoms with Crippen LogP contribution in [0.4, 0.5) is 0 Å². The topological polar surface area (TPSA) is 70.3 Å². The molecule has 158 valence electrons. The van der Waals surface area contributed by atoms with E-state index in [4.69, 9.17) is 4.74 Å². The Morgan fingerprint density at radius 2 is 1.40 bits per heavy atom. The van der Waals surface area contributed by atoms with E-state index in [2.05, 4.69) is 0 Å². The van der Waals surface area contributed by atoms with Crippen molar-refractivity contribution in [2.24, 2.45) is 0 Å². The van der Waals surface area contributed by atoms with E-state index in [9.17, 15) is 15.2 Å². The van der Waals surface area contributed by atoms with Gasteiger partial charge in [0.15, 0.2) is 0 Å². The molecule has 0 bridgehead atoms. The van der Waals surface area contributed by atoms with Crippen LogP contribution in [0.15, 0.2) is 42.0 Å². The van der Waals surface area contributed by atoms with Gasteiger partial charge < -0.3 is 9.84 Å². The van der Waals surface area contributed by atoms with E-state index in [1.54, 1.807) is 0 Å². The molecule has 0 spiro atoms. The third-order valence-electron chi connectivity index (χ3n) is 5.11. The Kier molecular flexibility index (Phi) is 6.47. The molecule has 0 radical (unpaired) electrons. The van der Waals surface area contributed by atoms with E-state index in [1.165, 1.54) is 7.11 Å². The summed E-state index contributed by atoms with van der Waals surface area (Å²) in [6, 6.07) is 13.5. The molecule has 30 heavy (non-hydrogen) atoms. The number of carbonyl (C=O) groups is 1. The fraction of sp³-hybridized carbons (Fsp3) is 0.385. The van der Waals surface area contributed by atoms with Gasteiger partial charge in [-0.2, -0.15) is 5.26 Å². The first kappa shape index (κ1) is 23.2. The summed E-state index contributed by atoms with van der Waals surface area (Å²) in [5.41, 5.74) is 3.81. The molecular weight excluding hydrogens is 374 g/mol. The van der Waals surface area contributed by atoms with Crippen molar-refractivity contribution in [1.82, 2.24) is 0 Å². The maximum atomic E-state index is 12.5.